The summed E-state index contributed by atoms with van der Waals surface area (Å²) in [6.45, 7) is 6.19. The summed E-state index contributed by atoms with van der Waals surface area (Å²) in [5.41, 5.74) is 2.20. The van der Waals surface area contributed by atoms with Gasteiger partial charge in [0, 0.05) is 6.07 Å². The molecule has 29 heavy (non-hydrogen) atoms. The number of carbonyl (C=O) groups is 1. The minimum absolute atomic E-state index is 0.169. The number of benzene rings is 2. The number of para-hydroxylation sites is 2. The van der Waals surface area contributed by atoms with Gasteiger partial charge in [0.2, 0.25) is 5.91 Å². The Bertz CT molecular complexity index is 1050. The van der Waals surface area contributed by atoms with Crippen molar-refractivity contribution in [1.29, 1.82) is 0 Å². The standard InChI is InChI=1S/C22H23N3O3S/c1-4-28-19-8-6-5-7-18(19)23-22(27)16(3)29-20-13-14-21(26)25(24-20)17-11-9-15(2)10-12-17/h5-14,16H,4H2,1-3H3,(H,23,27). The molecule has 1 heterocycles. The number of nitrogens with zero attached hydrogens (tertiary/aromatic N) is 2. The smallest absolute Gasteiger partial charge is 0.271 e. The largest absolute Gasteiger partial charge is 0.492 e. The molecule has 1 unspecified atom stereocenters. The second kappa shape index (κ2) is 9.43. The zero-order valence-electron chi connectivity index (χ0n) is 16.6. The number of thioether (sulfide) groups is 1. The Balaban J connectivity index is 1.74. The van der Waals surface area contributed by atoms with Crippen LogP contribution in [0.2, 0.25) is 0 Å². The fraction of sp³-hybridized carbons (Fsp3) is 0.227. The molecule has 0 radical (unpaired) electrons. The highest BCUT2D eigenvalue weighted by Gasteiger charge is 2.17. The molecule has 3 aromatic rings. The number of ether oxygens (including phenoxy) is 1. The van der Waals surface area contributed by atoms with E-state index in [1.165, 1.54) is 22.5 Å². The third-order valence-corrected chi connectivity index (χ3v) is 5.19. The van der Waals surface area contributed by atoms with E-state index in [1.54, 1.807) is 19.1 Å². The van der Waals surface area contributed by atoms with E-state index in [0.717, 1.165) is 5.56 Å². The van der Waals surface area contributed by atoms with Crippen molar-refractivity contribution in [3.05, 3.63) is 76.6 Å². The number of amides is 1. The van der Waals surface area contributed by atoms with Crippen molar-refractivity contribution in [2.45, 2.75) is 31.0 Å². The van der Waals surface area contributed by atoms with Gasteiger partial charge in [-0.3, -0.25) is 9.59 Å². The van der Waals surface area contributed by atoms with Gasteiger partial charge in [-0.2, -0.15) is 9.78 Å². The second-order valence-electron chi connectivity index (χ2n) is 6.44. The molecule has 1 N–H and O–H groups in total. The van der Waals surface area contributed by atoms with Crippen molar-refractivity contribution in [2.75, 3.05) is 11.9 Å². The van der Waals surface area contributed by atoms with E-state index in [1.807, 2.05) is 56.3 Å². The quantitative estimate of drug-likeness (QED) is 0.596. The lowest BCUT2D eigenvalue weighted by Gasteiger charge is -2.15. The number of hydrogen-bond acceptors (Lipinski definition) is 5. The van der Waals surface area contributed by atoms with Crippen LogP contribution in [0.5, 0.6) is 5.75 Å². The van der Waals surface area contributed by atoms with Crippen LogP contribution in [0.3, 0.4) is 0 Å². The summed E-state index contributed by atoms with van der Waals surface area (Å²) in [5, 5.41) is 7.48. The minimum Gasteiger partial charge on any atom is -0.492 e. The number of aromatic nitrogens is 2. The van der Waals surface area contributed by atoms with E-state index in [0.29, 0.717) is 28.8 Å². The van der Waals surface area contributed by atoms with Crippen molar-refractivity contribution in [2.24, 2.45) is 0 Å². The topological polar surface area (TPSA) is 73.2 Å². The van der Waals surface area contributed by atoms with Crippen molar-refractivity contribution < 1.29 is 9.53 Å². The number of aryl methyl sites for hydroxylation is 1. The molecule has 1 aromatic heterocycles. The molecule has 0 spiro atoms. The van der Waals surface area contributed by atoms with Gasteiger partial charge in [0.25, 0.3) is 5.56 Å². The van der Waals surface area contributed by atoms with Crippen molar-refractivity contribution in [3.8, 4) is 11.4 Å². The molecule has 1 atom stereocenters. The van der Waals surface area contributed by atoms with Crippen LogP contribution in [0, 0.1) is 6.92 Å². The highest BCUT2D eigenvalue weighted by atomic mass is 32.2. The van der Waals surface area contributed by atoms with Crippen LogP contribution in [0.1, 0.15) is 19.4 Å². The number of anilines is 1. The van der Waals surface area contributed by atoms with E-state index in [-0.39, 0.29) is 11.5 Å². The molecule has 150 valence electrons. The summed E-state index contributed by atoms with van der Waals surface area (Å²) in [5.74, 6) is 0.462. The lowest BCUT2D eigenvalue weighted by molar-refractivity contribution is -0.115. The molecule has 6 nitrogen and oxygen atoms in total. The van der Waals surface area contributed by atoms with Gasteiger partial charge in [0.05, 0.1) is 23.2 Å². The SMILES string of the molecule is CCOc1ccccc1NC(=O)C(C)Sc1ccc(=O)n(-c2ccc(C)cc2)n1. The van der Waals surface area contributed by atoms with Crippen molar-refractivity contribution >= 4 is 23.4 Å². The molecule has 0 aliphatic heterocycles. The summed E-state index contributed by atoms with van der Waals surface area (Å²) in [6, 6.07) is 18.0. The normalized spacial score (nSPS) is 11.7. The van der Waals surface area contributed by atoms with Gasteiger partial charge < -0.3 is 10.1 Å². The molecule has 7 heteroatoms. The first-order chi connectivity index (χ1) is 14.0. The van der Waals surface area contributed by atoms with Gasteiger partial charge in [-0.05, 0) is 51.1 Å². The van der Waals surface area contributed by atoms with Crippen LogP contribution in [-0.4, -0.2) is 27.5 Å². The van der Waals surface area contributed by atoms with E-state index in [2.05, 4.69) is 10.4 Å². The number of nitrogens with one attached hydrogen (secondary N) is 1. The first-order valence-electron chi connectivity index (χ1n) is 9.34. The fourth-order valence-electron chi connectivity index (χ4n) is 2.65. The molecule has 0 aliphatic carbocycles. The van der Waals surface area contributed by atoms with Gasteiger partial charge in [0.15, 0.2) is 0 Å². The predicted molar refractivity (Wildman–Crippen MR) is 116 cm³/mol. The van der Waals surface area contributed by atoms with E-state index in [9.17, 15) is 9.59 Å². The lowest BCUT2D eigenvalue weighted by atomic mass is 10.2. The minimum atomic E-state index is -0.416. The maximum Gasteiger partial charge on any atom is 0.271 e. The summed E-state index contributed by atoms with van der Waals surface area (Å²) < 4.78 is 6.89. The molecule has 3 rings (SSSR count). The van der Waals surface area contributed by atoms with Gasteiger partial charge in [-0.15, -0.1) is 0 Å². The van der Waals surface area contributed by atoms with E-state index >= 15 is 0 Å². The molecule has 0 bridgehead atoms. The average molecular weight is 410 g/mol. The molecule has 0 saturated carbocycles. The number of carbonyl (C=O) groups excluding carboxylic acids is 1. The lowest BCUT2D eigenvalue weighted by Crippen LogP contribution is -2.24. The summed E-state index contributed by atoms with van der Waals surface area (Å²) in [4.78, 5) is 24.9. The van der Waals surface area contributed by atoms with Gasteiger partial charge in [-0.1, -0.05) is 41.6 Å². The maximum absolute atomic E-state index is 12.6. The highest BCUT2D eigenvalue weighted by Crippen LogP contribution is 2.26. The van der Waals surface area contributed by atoms with Crippen LogP contribution in [0.25, 0.3) is 5.69 Å². The first kappa shape index (κ1) is 20.7. The molecule has 0 aliphatic rings. The first-order valence-corrected chi connectivity index (χ1v) is 10.2. The third kappa shape index (κ3) is 5.26. The molecule has 0 fully saturated rings. The van der Waals surface area contributed by atoms with Crippen LogP contribution in [-0.2, 0) is 4.79 Å². The van der Waals surface area contributed by atoms with Gasteiger partial charge in [-0.25, -0.2) is 0 Å². The van der Waals surface area contributed by atoms with Crippen molar-refractivity contribution in [3.63, 3.8) is 0 Å². The maximum atomic E-state index is 12.6. The number of rotatable bonds is 7. The van der Waals surface area contributed by atoms with E-state index < -0.39 is 5.25 Å². The predicted octanol–water partition coefficient (Wildman–Crippen LogP) is 4.06. The Kier molecular flexibility index (Phi) is 6.72. The average Bonchev–Trinajstić information content (AvgIpc) is 2.71. The van der Waals surface area contributed by atoms with E-state index in [4.69, 9.17) is 4.74 Å². The zero-order chi connectivity index (χ0) is 20.8. The van der Waals surface area contributed by atoms with Crippen LogP contribution < -0.4 is 15.6 Å². The Labute approximate surface area is 173 Å². The van der Waals surface area contributed by atoms with Crippen LogP contribution >= 0.6 is 11.8 Å². The molecular formula is C22H23N3O3S. The Morgan fingerprint density at radius 1 is 1.14 bits per heavy atom. The Morgan fingerprint density at radius 2 is 1.86 bits per heavy atom. The van der Waals surface area contributed by atoms with Crippen LogP contribution in [0.4, 0.5) is 5.69 Å². The highest BCUT2D eigenvalue weighted by molar-refractivity contribution is 8.00. The molecule has 1 amide bonds. The summed E-state index contributed by atoms with van der Waals surface area (Å²) in [6.07, 6.45) is 0. The zero-order valence-corrected chi connectivity index (χ0v) is 17.4. The van der Waals surface area contributed by atoms with Gasteiger partial charge >= 0.3 is 0 Å². The number of hydrogen-bond donors (Lipinski definition) is 1. The summed E-state index contributed by atoms with van der Waals surface area (Å²) >= 11 is 1.29. The third-order valence-electron chi connectivity index (χ3n) is 4.17. The molecule has 0 saturated heterocycles. The van der Waals surface area contributed by atoms with Crippen LogP contribution in [0.15, 0.2) is 70.5 Å². The molecule has 2 aromatic carbocycles. The second-order valence-corrected chi connectivity index (χ2v) is 7.80. The Hall–Kier alpha value is -3.06. The fourth-order valence-corrected chi connectivity index (χ4v) is 3.45. The van der Waals surface area contributed by atoms with Gasteiger partial charge in [0.1, 0.15) is 10.8 Å². The molecular weight excluding hydrogens is 386 g/mol. The Morgan fingerprint density at radius 3 is 2.59 bits per heavy atom. The van der Waals surface area contributed by atoms with Crippen molar-refractivity contribution in [1.82, 2.24) is 9.78 Å². The monoisotopic (exact) mass is 409 g/mol. The summed E-state index contributed by atoms with van der Waals surface area (Å²) in [7, 11) is 0.